The third kappa shape index (κ3) is 2.30. The van der Waals surface area contributed by atoms with E-state index in [1.165, 1.54) is 12.8 Å². The third-order valence-electron chi connectivity index (χ3n) is 4.00. The summed E-state index contributed by atoms with van der Waals surface area (Å²) in [6.45, 7) is 11.3. The monoisotopic (exact) mass is 245 g/mol. The van der Waals surface area contributed by atoms with Crippen LogP contribution in [0.1, 0.15) is 60.3 Å². The minimum atomic E-state index is 0.0799. The van der Waals surface area contributed by atoms with Crippen molar-refractivity contribution in [1.29, 1.82) is 0 Å². The third-order valence-corrected chi connectivity index (χ3v) is 4.82. The van der Waals surface area contributed by atoms with Gasteiger partial charge in [-0.1, -0.05) is 0 Å². The Kier molecular flexibility index (Phi) is 5.61. The van der Waals surface area contributed by atoms with Crippen LogP contribution in [0.4, 0.5) is 0 Å². The summed E-state index contributed by atoms with van der Waals surface area (Å²) in [4.78, 5) is 0. The van der Waals surface area contributed by atoms with Crippen molar-refractivity contribution in [3.8, 4) is 0 Å². The summed E-state index contributed by atoms with van der Waals surface area (Å²) in [6.07, 6.45) is 4.61. The van der Waals surface area contributed by atoms with E-state index in [9.17, 15) is 0 Å². The fourth-order valence-electron chi connectivity index (χ4n) is 2.27. The molecule has 77 valence electrons. The zero-order valence-corrected chi connectivity index (χ0v) is 11.8. The van der Waals surface area contributed by atoms with Crippen LogP contribution >= 0.6 is 0 Å². The van der Waals surface area contributed by atoms with Crippen molar-refractivity contribution in [3.63, 3.8) is 0 Å². The number of hydrogen-bond donors (Lipinski definition) is 0. The van der Waals surface area contributed by atoms with Gasteiger partial charge in [-0.25, -0.2) is 0 Å². The summed E-state index contributed by atoms with van der Waals surface area (Å²) in [5.41, 5.74) is 0.405. The molecule has 13 heavy (non-hydrogen) atoms. The van der Waals surface area contributed by atoms with E-state index in [1.807, 2.05) is 16.9 Å². The van der Waals surface area contributed by atoms with Crippen molar-refractivity contribution in [3.05, 3.63) is 0 Å². The van der Waals surface area contributed by atoms with Crippen molar-refractivity contribution in [2.75, 3.05) is 0 Å². The standard InChI is InChI=1S/C11H23GeO/c1-6-10(5,7-2)11(8-3,9-4)13-12/h6-9H2,1-5H3. The first-order chi connectivity index (χ1) is 6.05. The number of hydrogen-bond acceptors (Lipinski definition) is 1. The fraction of sp³-hybridized carbons (Fsp3) is 1.00. The molecule has 0 saturated carbocycles. The Bertz CT molecular complexity index is 129. The molecule has 0 rings (SSSR count). The SMILES string of the molecule is CCC(C)(CC)C(CC)(CC)[O][Ge]. The Balaban J connectivity index is 4.87. The Labute approximate surface area is 92.2 Å². The van der Waals surface area contributed by atoms with Gasteiger partial charge in [-0.2, -0.15) is 0 Å². The molecule has 1 nitrogen and oxygen atoms in total. The van der Waals surface area contributed by atoms with Crippen molar-refractivity contribution < 1.29 is 3.76 Å². The first-order valence-corrected chi connectivity index (χ1v) is 6.26. The predicted molar refractivity (Wildman–Crippen MR) is 58.8 cm³/mol. The first-order valence-electron chi connectivity index (χ1n) is 5.40. The molecular formula is C11H23GeO. The topological polar surface area (TPSA) is 9.23 Å². The molecule has 0 spiro atoms. The molecule has 0 saturated heterocycles. The van der Waals surface area contributed by atoms with Crippen LogP contribution in [0, 0.1) is 5.41 Å². The Hall–Kier alpha value is 0.503. The van der Waals surface area contributed by atoms with E-state index in [0.717, 1.165) is 12.8 Å². The zero-order chi connectivity index (χ0) is 10.5. The molecule has 0 bridgehead atoms. The van der Waals surface area contributed by atoms with Crippen LogP contribution in [-0.4, -0.2) is 22.5 Å². The minimum absolute atomic E-state index is 0.0799. The van der Waals surface area contributed by atoms with Crippen LogP contribution in [0.5, 0.6) is 0 Å². The molecule has 0 aromatic heterocycles. The Morgan fingerprint density at radius 1 is 0.923 bits per heavy atom. The second-order valence-corrected chi connectivity index (χ2v) is 4.50. The van der Waals surface area contributed by atoms with E-state index >= 15 is 0 Å². The van der Waals surface area contributed by atoms with Gasteiger partial charge in [-0.05, 0) is 0 Å². The maximum absolute atomic E-state index is 5.78. The van der Waals surface area contributed by atoms with Crippen LogP contribution in [0.3, 0.4) is 0 Å². The molecule has 0 aliphatic rings. The van der Waals surface area contributed by atoms with Gasteiger partial charge in [0.15, 0.2) is 0 Å². The molecule has 0 aliphatic heterocycles. The summed E-state index contributed by atoms with van der Waals surface area (Å²) < 4.78 is 5.78. The molecule has 0 aromatic rings. The summed E-state index contributed by atoms with van der Waals surface area (Å²) in [7, 11) is 0. The molecular weight excluding hydrogens is 221 g/mol. The average Bonchev–Trinajstić information content (AvgIpc) is 2.20. The average molecular weight is 244 g/mol. The summed E-state index contributed by atoms with van der Waals surface area (Å²) in [6, 6.07) is 0. The van der Waals surface area contributed by atoms with E-state index in [2.05, 4.69) is 34.6 Å². The molecule has 0 fully saturated rings. The molecule has 0 amide bonds. The van der Waals surface area contributed by atoms with Gasteiger partial charge in [0.05, 0.1) is 0 Å². The quantitative estimate of drug-likeness (QED) is 0.650. The van der Waals surface area contributed by atoms with Crippen LogP contribution in [0.2, 0.25) is 0 Å². The fourth-order valence-corrected chi connectivity index (χ4v) is 3.39. The van der Waals surface area contributed by atoms with Crippen LogP contribution in [0.15, 0.2) is 0 Å². The van der Waals surface area contributed by atoms with Gasteiger partial charge in [-0.15, -0.1) is 0 Å². The summed E-state index contributed by atoms with van der Waals surface area (Å²) in [5, 5.41) is 0. The molecule has 0 heterocycles. The molecule has 0 unspecified atom stereocenters. The van der Waals surface area contributed by atoms with Gasteiger partial charge in [-0.3, -0.25) is 0 Å². The van der Waals surface area contributed by atoms with E-state index < -0.39 is 0 Å². The molecule has 0 atom stereocenters. The van der Waals surface area contributed by atoms with Gasteiger partial charge < -0.3 is 0 Å². The van der Waals surface area contributed by atoms with Gasteiger partial charge in [0.1, 0.15) is 0 Å². The van der Waals surface area contributed by atoms with Crippen molar-refractivity contribution in [2.24, 2.45) is 5.41 Å². The predicted octanol–water partition coefficient (Wildman–Crippen LogP) is 3.47. The van der Waals surface area contributed by atoms with Gasteiger partial charge in [0.25, 0.3) is 0 Å². The van der Waals surface area contributed by atoms with Gasteiger partial charge in [0, 0.05) is 0 Å². The molecule has 0 aromatic carbocycles. The summed E-state index contributed by atoms with van der Waals surface area (Å²) in [5.74, 6) is 0. The van der Waals surface area contributed by atoms with Gasteiger partial charge >= 0.3 is 91.9 Å². The second kappa shape index (κ2) is 5.40. The van der Waals surface area contributed by atoms with Crippen LogP contribution < -0.4 is 0 Å². The van der Waals surface area contributed by atoms with E-state index in [-0.39, 0.29) is 5.60 Å². The second-order valence-electron chi connectivity index (χ2n) is 4.07. The van der Waals surface area contributed by atoms with E-state index in [0.29, 0.717) is 5.41 Å². The summed E-state index contributed by atoms with van der Waals surface area (Å²) >= 11 is 1.86. The van der Waals surface area contributed by atoms with E-state index in [4.69, 9.17) is 3.76 Å². The normalized spacial score (nSPS) is 13.4. The maximum atomic E-state index is 5.78. The van der Waals surface area contributed by atoms with Crippen LogP contribution in [0.25, 0.3) is 0 Å². The molecule has 0 aliphatic carbocycles. The van der Waals surface area contributed by atoms with Gasteiger partial charge in [0.2, 0.25) is 0 Å². The molecule has 3 radical (unpaired) electrons. The molecule has 0 N–H and O–H groups in total. The van der Waals surface area contributed by atoms with Crippen LogP contribution in [-0.2, 0) is 3.76 Å². The Morgan fingerprint density at radius 2 is 1.31 bits per heavy atom. The van der Waals surface area contributed by atoms with Crippen molar-refractivity contribution in [1.82, 2.24) is 0 Å². The van der Waals surface area contributed by atoms with E-state index in [1.54, 1.807) is 0 Å². The molecule has 2 heteroatoms. The zero-order valence-electron chi connectivity index (χ0n) is 9.74. The Morgan fingerprint density at radius 3 is 1.38 bits per heavy atom. The van der Waals surface area contributed by atoms with Crippen molar-refractivity contribution >= 4 is 16.9 Å². The van der Waals surface area contributed by atoms with Crippen molar-refractivity contribution in [2.45, 2.75) is 65.9 Å². The first kappa shape index (κ1) is 13.5. The number of rotatable bonds is 6.